The van der Waals surface area contributed by atoms with Crippen LogP contribution in [0.1, 0.15) is 11.3 Å². The molecule has 0 aliphatic rings. The highest BCUT2D eigenvalue weighted by Gasteiger charge is 2.43. The van der Waals surface area contributed by atoms with Crippen LogP contribution in [0.3, 0.4) is 0 Å². The largest absolute Gasteiger partial charge is 0.497 e. The zero-order chi connectivity index (χ0) is 21.9. The summed E-state index contributed by atoms with van der Waals surface area (Å²) in [5.41, 5.74) is -0.785. The summed E-state index contributed by atoms with van der Waals surface area (Å²) < 4.78 is 52.9. The third-order valence-electron chi connectivity index (χ3n) is 4.30. The molecule has 0 aliphatic heterocycles. The fraction of sp³-hybridized carbons (Fsp3) is 0.190. The third-order valence-corrected chi connectivity index (χ3v) is 4.80. The van der Waals surface area contributed by atoms with E-state index < -0.39 is 23.4 Å². The van der Waals surface area contributed by atoms with Gasteiger partial charge >= 0.3 is 12.3 Å². The van der Waals surface area contributed by atoms with Crippen molar-refractivity contribution in [2.24, 2.45) is 0 Å². The number of pyridine rings is 1. The molecule has 0 saturated carbocycles. The van der Waals surface area contributed by atoms with Gasteiger partial charge in [0.15, 0.2) is 5.75 Å². The zero-order valence-electron chi connectivity index (χ0n) is 15.7. The Morgan fingerprint density at radius 1 is 1.17 bits per heavy atom. The molecule has 0 fully saturated rings. The van der Waals surface area contributed by atoms with Crippen LogP contribution in [-0.4, -0.2) is 23.2 Å². The second kappa shape index (κ2) is 8.93. The van der Waals surface area contributed by atoms with E-state index in [4.69, 9.17) is 9.47 Å². The van der Waals surface area contributed by atoms with Crippen molar-refractivity contribution in [3.8, 4) is 17.2 Å². The number of hydrogen-bond acceptors (Lipinski definition) is 4. The molecule has 0 aliphatic carbocycles. The van der Waals surface area contributed by atoms with Gasteiger partial charge in [-0.15, -0.1) is 0 Å². The minimum Gasteiger partial charge on any atom is -0.497 e. The van der Waals surface area contributed by atoms with Crippen molar-refractivity contribution in [2.75, 3.05) is 7.11 Å². The molecule has 1 unspecified atom stereocenters. The minimum atomic E-state index is -4.03. The molecule has 5 nitrogen and oxygen atoms in total. The number of alkyl halides is 3. The van der Waals surface area contributed by atoms with E-state index in [1.807, 2.05) is 0 Å². The SMILES string of the molecule is COc1ccc(COc2cn(-c3cccc(Br)c3)c(C(O)(F)C(F)F)cc2=O)cc1. The van der Waals surface area contributed by atoms with Gasteiger partial charge < -0.3 is 19.1 Å². The van der Waals surface area contributed by atoms with E-state index in [2.05, 4.69) is 15.9 Å². The van der Waals surface area contributed by atoms with Gasteiger partial charge in [-0.1, -0.05) is 34.1 Å². The van der Waals surface area contributed by atoms with Gasteiger partial charge in [0.05, 0.1) is 19.0 Å². The summed E-state index contributed by atoms with van der Waals surface area (Å²) >= 11 is 3.25. The smallest absolute Gasteiger partial charge is 0.309 e. The van der Waals surface area contributed by atoms with Crippen LogP contribution in [0.5, 0.6) is 11.5 Å². The van der Waals surface area contributed by atoms with Crippen LogP contribution >= 0.6 is 15.9 Å². The van der Waals surface area contributed by atoms with Gasteiger partial charge in [0.1, 0.15) is 12.4 Å². The Morgan fingerprint density at radius 2 is 1.87 bits per heavy atom. The Labute approximate surface area is 178 Å². The number of benzene rings is 2. The number of methoxy groups -OCH3 is 1. The normalized spacial score (nSPS) is 13.2. The Kier molecular flexibility index (Phi) is 6.52. The monoisotopic (exact) mass is 483 g/mol. The molecule has 1 N–H and O–H groups in total. The Hall–Kier alpha value is -2.78. The summed E-state index contributed by atoms with van der Waals surface area (Å²) in [7, 11) is 1.53. The molecule has 9 heteroatoms. The summed E-state index contributed by atoms with van der Waals surface area (Å²) in [6.07, 6.45) is -2.68. The molecular formula is C21H17BrF3NO4. The molecule has 1 heterocycles. The zero-order valence-corrected chi connectivity index (χ0v) is 17.3. The van der Waals surface area contributed by atoms with Crippen LogP contribution in [0.25, 0.3) is 5.69 Å². The van der Waals surface area contributed by atoms with Crippen LogP contribution in [-0.2, 0) is 12.5 Å². The van der Waals surface area contributed by atoms with Gasteiger partial charge in [0.25, 0.3) is 0 Å². The van der Waals surface area contributed by atoms with Gasteiger partial charge in [0.2, 0.25) is 5.43 Å². The van der Waals surface area contributed by atoms with Crippen molar-refractivity contribution in [1.82, 2.24) is 4.57 Å². The molecule has 1 atom stereocenters. The van der Waals surface area contributed by atoms with Crippen molar-refractivity contribution < 1.29 is 27.8 Å². The quantitative estimate of drug-likeness (QED) is 0.534. The van der Waals surface area contributed by atoms with Gasteiger partial charge in [-0.3, -0.25) is 4.79 Å². The lowest BCUT2D eigenvalue weighted by atomic mass is 10.1. The Morgan fingerprint density at radius 3 is 2.47 bits per heavy atom. The van der Waals surface area contributed by atoms with Crippen LogP contribution in [0, 0.1) is 0 Å². The van der Waals surface area contributed by atoms with Crippen molar-refractivity contribution in [3.63, 3.8) is 0 Å². The van der Waals surface area contributed by atoms with Gasteiger partial charge in [-0.25, -0.2) is 8.78 Å². The molecule has 3 rings (SSSR count). The first-order chi connectivity index (χ1) is 14.2. The maximum absolute atomic E-state index is 14.4. The summed E-state index contributed by atoms with van der Waals surface area (Å²) in [6, 6.07) is 13.8. The molecule has 1 aromatic heterocycles. The van der Waals surface area contributed by atoms with Crippen molar-refractivity contribution in [3.05, 3.63) is 86.7 Å². The van der Waals surface area contributed by atoms with E-state index in [-0.39, 0.29) is 18.0 Å². The summed E-state index contributed by atoms with van der Waals surface area (Å²) in [5.74, 6) is -3.58. The van der Waals surface area contributed by atoms with Crippen LogP contribution < -0.4 is 14.9 Å². The Balaban J connectivity index is 2.02. The molecular weight excluding hydrogens is 467 g/mol. The second-order valence-electron chi connectivity index (χ2n) is 6.35. The van der Waals surface area contributed by atoms with Crippen molar-refractivity contribution >= 4 is 15.9 Å². The predicted molar refractivity (Wildman–Crippen MR) is 108 cm³/mol. The lowest BCUT2D eigenvalue weighted by Crippen LogP contribution is -2.34. The molecule has 3 aromatic rings. The highest BCUT2D eigenvalue weighted by atomic mass is 79.9. The maximum atomic E-state index is 14.4. The van der Waals surface area contributed by atoms with Gasteiger partial charge in [-0.2, -0.15) is 4.39 Å². The van der Waals surface area contributed by atoms with Crippen molar-refractivity contribution in [1.29, 1.82) is 0 Å². The molecule has 0 bridgehead atoms. The highest BCUT2D eigenvalue weighted by Crippen LogP contribution is 2.32. The number of nitrogens with zero attached hydrogens (tertiary/aromatic N) is 1. The summed E-state index contributed by atoms with van der Waals surface area (Å²) in [5, 5.41) is 9.71. The topological polar surface area (TPSA) is 60.7 Å². The van der Waals surface area contributed by atoms with Crippen LogP contribution in [0.15, 0.2) is 70.1 Å². The van der Waals surface area contributed by atoms with Crippen LogP contribution in [0.4, 0.5) is 13.2 Å². The lowest BCUT2D eigenvalue weighted by Gasteiger charge is -2.23. The highest BCUT2D eigenvalue weighted by molar-refractivity contribution is 9.10. The summed E-state index contributed by atoms with van der Waals surface area (Å²) in [4.78, 5) is 12.4. The van der Waals surface area contributed by atoms with Crippen molar-refractivity contribution in [2.45, 2.75) is 18.9 Å². The first kappa shape index (κ1) is 21.9. The van der Waals surface area contributed by atoms with E-state index in [0.29, 0.717) is 16.3 Å². The van der Waals surface area contributed by atoms with E-state index in [1.165, 1.54) is 19.2 Å². The lowest BCUT2D eigenvalue weighted by molar-refractivity contribution is -0.198. The molecule has 0 radical (unpaired) electrons. The van der Waals surface area contributed by atoms with Gasteiger partial charge in [0, 0.05) is 16.2 Å². The van der Waals surface area contributed by atoms with Gasteiger partial charge in [-0.05, 0) is 35.9 Å². The van der Waals surface area contributed by atoms with E-state index in [1.54, 1.807) is 36.4 Å². The molecule has 30 heavy (non-hydrogen) atoms. The second-order valence-corrected chi connectivity index (χ2v) is 7.26. The number of ether oxygens (including phenoxy) is 2. The number of halogens is 4. The third kappa shape index (κ3) is 4.68. The average molecular weight is 484 g/mol. The first-order valence-corrected chi connectivity index (χ1v) is 9.50. The van der Waals surface area contributed by atoms with E-state index in [0.717, 1.165) is 16.3 Å². The molecule has 2 aromatic carbocycles. The standard InChI is InChI=1S/C21H17BrF3NO4/c1-29-16-7-5-13(6-8-16)12-30-18-11-26(15-4-2-3-14(22)9-15)19(10-17(18)27)21(25,28)20(23)24/h2-11,20,28H,12H2,1H3. The molecule has 0 spiro atoms. The average Bonchev–Trinajstić information content (AvgIpc) is 2.72. The van der Waals surface area contributed by atoms with Crippen LogP contribution in [0.2, 0.25) is 0 Å². The number of hydrogen-bond donors (Lipinski definition) is 1. The number of aliphatic hydroxyl groups is 1. The fourth-order valence-electron chi connectivity index (χ4n) is 2.73. The minimum absolute atomic E-state index is 0.00576. The number of rotatable bonds is 7. The molecule has 158 valence electrons. The maximum Gasteiger partial charge on any atom is 0.309 e. The molecule has 0 saturated heterocycles. The van der Waals surface area contributed by atoms with E-state index in [9.17, 15) is 23.1 Å². The summed E-state index contributed by atoms with van der Waals surface area (Å²) in [6.45, 7) is 0.00576. The fourth-order valence-corrected chi connectivity index (χ4v) is 3.12. The Bertz CT molecular complexity index is 1080. The predicted octanol–water partition coefficient (Wildman–Crippen LogP) is 4.57. The molecule has 0 amide bonds. The van der Waals surface area contributed by atoms with E-state index >= 15 is 0 Å². The number of aromatic nitrogens is 1. The first-order valence-electron chi connectivity index (χ1n) is 8.70.